The summed E-state index contributed by atoms with van der Waals surface area (Å²) in [5.74, 6) is -2.38. The van der Waals surface area contributed by atoms with Gasteiger partial charge in [0.2, 0.25) is 0 Å². The highest BCUT2D eigenvalue weighted by atomic mass is 19.1. The number of aliphatic hydroxyl groups excluding tert-OH is 1. The van der Waals surface area contributed by atoms with Crippen LogP contribution < -0.4 is 9.64 Å². The van der Waals surface area contributed by atoms with E-state index in [4.69, 9.17) is 4.74 Å². The number of nitrogens with zero attached hydrogens (tertiary/aromatic N) is 1. The quantitative estimate of drug-likeness (QED) is 0.332. The van der Waals surface area contributed by atoms with Gasteiger partial charge in [-0.25, -0.2) is 4.39 Å². The molecule has 1 heterocycles. The lowest BCUT2D eigenvalue weighted by molar-refractivity contribution is -0.132. The number of ketones is 1. The van der Waals surface area contributed by atoms with E-state index in [2.05, 4.69) is 0 Å². The minimum atomic E-state index is -1.14. The number of ether oxygens (including phenoxy) is 1. The molecule has 4 rings (SSSR count). The minimum Gasteiger partial charge on any atom is -0.507 e. The zero-order chi connectivity index (χ0) is 23.9. The van der Waals surface area contributed by atoms with Gasteiger partial charge in [-0.1, -0.05) is 35.9 Å². The number of halogens is 1. The summed E-state index contributed by atoms with van der Waals surface area (Å²) in [5, 5.41) is 11.3. The maximum absolute atomic E-state index is 15.0. The molecule has 1 aliphatic heterocycles. The molecule has 1 saturated heterocycles. The predicted molar refractivity (Wildman–Crippen MR) is 125 cm³/mol. The topological polar surface area (TPSA) is 66.8 Å². The molecule has 0 aliphatic carbocycles. The van der Waals surface area contributed by atoms with Gasteiger partial charge in [0, 0.05) is 11.3 Å². The molecule has 0 radical (unpaired) electrons. The molecule has 33 heavy (non-hydrogen) atoms. The Morgan fingerprint density at radius 2 is 1.70 bits per heavy atom. The number of aryl methyl sites for hydroxylation is 3. The fourth-order valence-electron chi connectivity index (χ4n) is 4.12. The van der Waals surface area contributed by atoms with Crippen LogP contribution in [0.3, 0.4) is 0 Å². The molecule has 0 spiro atoms. The fraction of sp³-hybridized carbons (Fsp3) is 0.185. The maximum atomic E-state index is 15.0. The molecule has 1 amide bonds. The molecule has 0 aromatic heterocycles. The largest absolute Gasteiger partial charge is 0.507 e. The molecule has 5 nitrogen and oxygen atoms in total. The lowest BCUT2D eigenvalue weighted by Crippen LogP contribution is -2.30. The average Bonchev–Trinajstić information content (AvgIpc) is 3.06. The molecule has 168 valence electrons. The molecule has 1 N–H and O–H groups in total. The van der Waals surface area contributed by atoms with Crippen molar-refractivity contribution in [3.63, 3.8) is 0 Å². The molecule has 1 atom stereocenters. The van der Waals surface area contributed by atoms with Crippen LogP contribution in [-0.4, -0.2) is 23.9 Å². The number of anilines is 1. The Morgan fingerprint density at radius 3 is 2.36 bits per heavy atom. The first kappa shape index (κ1) is 22.3. The molecule has 1 fully saturated rings. The third-order valence-electron chi connectivity index (χ3n) is 6.02. The number of Topliss-reactive ketones (excluding diaryl/α,β-unsaturated/α-hetero) is 1. The van der Waals surface area contributed by atoms with Crippen molar-refractivity contribution in [1.82, 2.24) is 0 Å². The van der Waals surface area contributed by atoms with Gasteiger partial charge in [-0.05, 0) is 62.2 Å². The van der Waals surface area contributed by atoms with Crippen molar-refractivity contribution < 1.29 is 23.8 Å². The van der Waals surface area contributed by atoms with Crippen molar-refractivity contribution in [1.29, 1.82) is 0 Å². The van der Waals surface area contributed by atoms with Crippen molar-refractivity contribution >= 4 is 23.1 Å². The number of amides is 1. The first-order valence-corrected chi connectivity index (χ1v) is 10.5. The van der Waals surface area contributed by atoms with E-state index in [1.54, 1.807) is 36.4 Å². The van der Waals surface area contributed by atoms with Gasteiger partial charge in [0.1, 0.15) is 17.3 Å². The van der Waals surface area contributed by atoms with E-state index < -0.39 is 29.3 Å². The number of carbonyl (C=O) groups excluding carboxylic acids is 2. The summed E-state index contributed by atoms with van der Waals surface area (Å²) in [4.78, 5) is 27.8. The Kier molecular flexibility index (Phi) is 5.77. The molecule has 3 aromatic carbocycles. The number of rotatable bonds is 4. The van der Waals surface area contributed by atoms with Gasteiger partial charge in [-0.15, -0.1) is 0 Å². The Labute approximate surface area is 191 Å². The molecule has 0 bridgehead atoms. The molecular weight excluding hydrogens is 421 g/mol. The van der Waals surface area contributed by atoms with Crippen LogP contribution in [0.1, 0.15) is 33.9 Å². The Balaban J connectivity index is 2.02. The minimum absolute atomic E-state index is 0.114. The summed E-state index contributed by atoms with van der Waals surface area (Å²) in [7, 11) is 1.45. The highest BCUT2D eigenvalue weighted by molar-refractivity contribution is 6.51. The standard InChI is InChI=1S/C27H24FNO4/c1-15-9-12-22(33-4)20(13-15)25(30)23-24(19-7-5-6-8-21(19)28)29(27(32)26(23)31)18-11-10-16(2)17(3)14-18/h5-14,24,30H,1-4H3/b25-23+. The Hall–Kier alpha value is -3.93. The number of hydrogen-bond donors (Lipinski definition) is 1. The lowest BCUT2D eigenvalue weighted by atomic mass is 9.94. The van der Waals surface area contributed by atoms with Crippen molar-refractivity contribution in [2.75, 3.05) is 12.0 Å². The Bertz CT molecular complexity index is 1310. The molecule has 1 unspecified atom stereocenters. The Morgan fingerprint density at radius 1 is 0.970 bits per heavy atom. The first-order chi connectivity index (χ1) is 15.7. The molecule has 3 aromatic rings. The van der Waals surface area contributed by atoms with E-state index in [1.165, 1.54) is 30.2 Å². The van der Waals surface area contributed by atoms with Gasteiger partial charge >= 0.3 is 0 Å². The fourth-order valence-corrected chi connectivity index (χ4v) is 4.12. The highest BCUT2D eigenvalue weighted by Gasteiger charge is 2.48. The third kappa shape index (κ3) is 3.78. The van der Waals surface area contributed by atoms with Crippen LogP contribution in [0, 0.1) is 26.6 Å². The average molecular weight is 445 g/mol. The third-order valence-corrected chi connectivity index (χ3v) is 6.02. The molecular formula is C27H24FNO4. The maximum Gasteiger partial charge on any atom is 0.300 e. The van der Waals surface area contributed by atoms with Gasteiger partial charge < -0.3 is 9.84 Å². The van der Waals surface area contributed by atoms with E-state index >= 15 is 0 Å². The monoisotopic (exact) mass is 445 g/mol. The van der Waals surface area contributed by atoms with Crippen LogP contribution in [0.15, 0.2) is 66.2 Å². The van der Waals surface area contributed by atoms with E-state index in [-0.39, 0.29) is 16.7 Å². The van der Waals surface area contributed by atoms with Crippen LogP contribution in [-0.2, 0) is 9.59 Å². The summed E-state index contributed by atoms with van der Waals surface area (Å²) in [6.07, 6.45) is 0. The molecule has 6 heteroatoms. The zero-order valence-electron chi connectivity index (χ0n) is 18.8. The summed E-state index contributed by atoms with van der Waals surface area (Å²) >= 11 is 0. The van der Waals surface area contributed by atoms with E-state index in [0.29, 0.717) is 11.4 Å². The van der Waals surface area contributed by atoms with Crippen LogP contribution in [0.25, 0.3) is 5.76 Å². The molecule has 0 saturated carbocycles. The second kappa shape index (κ2) is 8.54. The van der Waals surface area contributed by atoms with Crippen LogP contribution in [0.5, 0.6) is 5.75 Å². The van der Waals surface area contributed by atoms with Crippen molar-refractivity contribution in [2.24, 2.45) is 0 Å². The van der Waals surface area contributed by atoms with Crippen molar-refractivity contribution in [2.45, 2.75) is 26.8 Å². The summed E-state index contributed by atoms with van der Waals surface area (Å²) in [6, 6.07) is 15.3. The van der Waals surface area contributed by atoms with E-state index in [0.717, 1.165) is 16.7 Å². The number of carbonyl (C=O) groups is 2. The summed E-state index contributed by atoms with van der Waals surface area (Å²) in [5.41, 5.74) is 3.39. The van der Waals surface area contributed by atoms with Crippen molar-refractivity contribution in [3.8, 4) is 5.75 Å². The van der Waals surface area contributed by atoms with Gasteiger partial charge in [0.05, 0.1) is 24.3 Å². The van der Waals surface area contributed by atoms with Crippen LogP contribution in [0.2, 0.25) is 0 Å². The molecule has 1 aliphatic rings. The van der Waals surface area contributed by atoms with E-state index in [9.17, 15) is 19.1 Å². The highest BCUT2D eigenvalue weighted by Crippen LogP contribution is 2.44. The lowest BCUT2D eigenvalue weighted by Gasteiger charge is -2.26. The number of methoxy groups -OCH3 is 1. The number of aliphatic hydroxyl groups is 1. The van der Waals surface area contributed by atoms with Crippen molar-refractivity contribution in [3.05, 3.63) is 99.9 Å². The van der Waals surface area contributed by atoms with Gasteiger partial charge in [0.15, 0.2) is 0 Å². The van der Waals surface area contributed by atoms with Gasteiger partial charge in [0.25, 0.3) is 11.7 Å². The second-order valence-electron chi connectivity index (χ2n) is 8.16. The van der Waals surface area contributed by atoms with E-state index in [1.807, 2.05) is 26.8 Å². The van der Waals surface area contributed by atoms with Crippen LogP contribution in [0.4, 0.5) is 10.1 Å². The van der Waals surface area contributed by atoms with Gasteiger partial charge in [-0.2, -0.15) is 0 Å². The first-order valence-electron chi connectivity index (χ1n) is 10.5. The number of hydrogen-bond acceptors (Lipinski definition) is 4. The smallest absolute Gasteiger partial charge is 0.300 e. The summed E-state index contributed by atoms with van der Waals surface area (Å²) in [6.45, 7) is 5.66. The number of benzene rings is 3. The van der Waals surface area contributed by atoms with Crippen LogP contribution >= 0.6 is 0 Å². The predicted octanol–water partition coefficient (Wildman–Crippen LogP) is 5.39. The SMILES string of the molecule is COc1ccc(C)cc1/C(O)=C1\C(=O)C(=O)N(c2ccc(C)c(C)c2)C1c1ccccc1F. The zero-order valence-corrected chi connectivity index (χ0v) is 18.8. The van der Waals surface area contributed by atoms with Gasteiger partial charge in [-0.3, -0.25) is 14.5 Å². The second-order valence-corrected chi connectivity index (χ2v) is 8.16. The normalized spacial score (nSPS) is 17.5. The summed E-state index contributed by atoms with van der Waals surface area (Å²) < 4.78 is 20.4.